The van der Waals surface area contributed by atoms with E-state index in [0.29, 0.717) is 26.2 Å². The Hall–Kier alpha value is -1.79. The van der Waals surface area contributed by atoms with E-state index >= 15 is 0 Å². The zero-order chi connectivity index (χ0) is 18.3. The van der Waals surface area contributed by atoms with Crippen molar-refractivity contribution in [1.29, 1.82) is 0 Å². The lowest BCUT2D eigenvalue weighted by molar-refractivity contribution is -0.140. The van der Waals surface area contributed by atoms with E-state index in [4.69, 9.17) is 0 Å². The van der Waals surface area contributed by atoms with E-state index < -0.39 is 5.97 Å². The molecule has 3 heterocycles. The van der Waals surface area contributed by atoms with Crippen molar-refractivity contribution in [1.82, 2.24) is 14.7 Å². The highest BCUT2D eigenvalue weighted by Gasteiger charge is 2.59. The van der Waals surface area contributed by atoms with Crippen LogP contribution in [0.5, 0.6) is 0 Å². The van der Waals surface area contributed by atoms with Crippen LogP contribution < -0.4 is 0 Å². The van der Waals surface area contributed by atoms with Crippen LogP contribution in [0.1, 0.15) is 44.9 Å². The summed E-state index contributed by atoms with van der Waals surface area (Å²) in [5, 5.41) is 9.18. The second-order valence-corrected chi connectivity index (χ2v) is 8.52. The number of carboxylic acids is 1. The normalized spacial score (nSPS) is 28.5. The summed E-state index contributed by atoms with van der Waals surface area (Å²) in [6, 6.07) is 0.141. The molecular weight excluding hydrogens is 334 g/mol. The highest BCUT2D eigenvalue weighted by atomic mass is 16.4. The van der Waals surface area contributed by atoms with Crippen LogP contribution in [-0.2, 0) is 9.59 Å². The molecule has 3 amide bonds. The number of rotatable bonds is 2. The van der Waals surface area contributed by atoms with Crippen LogP contribution >= 0.6 is 0 Å². The van der Waals surface area contributed by atoms with Gasteiger partial charge in [-0.1, -0.05) is 0 Å². The predicted molar refractivity (Wildman–Crippen MR) is 94.5 cm³/mol. The summed E-state index contributed by atoms with van der Waals surface area (Å²) in [6.45, 7) is 4.45. The molecule has 0 aromatic heterocycles. The van der Waals surface area contributed by atoms with Gasteiger partial charge in [-0.05, 0) is 50.4 Å². The lowest BCUT2D eigenvalue weighted by atomic mass is 9.89. The molecule has 4 aliphatic rings. The van der Waals surface area contributed by atoms with Crippen LogP contribution in [0.2, 0.25) is 0 Å². The number of piperidine rings is 2. The van der Waals surface area contributed by atoms with Crippen molar-refractivity contribution < 1.29 is 19.5 Å². The first-order chi connectivity index (χ1) is 12.5. The maximum atomic E-state index is 12.8. The molecule has 7 nitrogen and oxygen atoms in total. The summed E-state index contributed by atoms with van der Waals surface area (Å²) < 4.78 is 0. The van der Waals surface area contributed by atoms with Crippen LogP contribution in [0.25, 0.3) is 0 Å². The number of carboxylic acid groups (broad SMARTS) is 1. The van der Waals surface area contributed by atoms with Gasteiger partial charge >= 0.3 is 12.0 Å². The maximum absolute atomic E-state index is 12.8. The number of nitrogens with zero attached hydrogens (tertiary/aromatic N) is 3. The van der Waals surface area contributed by atoms with Crippen LogP contribution in [-0.4, -0.2) is 77.0 Å². The zero-order valence-corrected chi connectivity index (χ0v) is 15.4. The quantitative estimate of drug-likeness (QED) is 0.808. The number of amides is 3. The lowest BCUT2D eigenvalue weighted by Gasteiger charge is -2.38. The fourth-order valence-electron chi connectivity index (χ4n) is 5.11. The summed E-state index contributed by atoms with van der Waals surface area (Å²) in [4.78, 5) is 42.2. The molecule has 7 heteroatoms. The SMILES string of the molecule is O=C(O)C1CC12CCN(C(=O)C1CCN(C(=O)N3CCCC3)CC1)CC2. The molecule has 1 spiro atoms. The lowest BCUT2D eigenvalue weighted by Crippen LogP contribution is -2.49. The number of hydrogen-bond donors (Lipinski definition) is 1. The second kappa shape index (κ2) is 6.74. The molecule has 1 N–H and O–H groups in total. The average molecular weight is 363 g/mol. The van der Waals surface area contributed by atoms with Gasteiger partial charge in [-0.2, -0.15) is 0 Å². The number of carbonyl (C=O) groups excluding carboxylic acids is 2. The van der Waals surface area contributed by atoms with Gasteiger partial charge < -0.3 is 19.8 Å². The summed E-state index contributed by atoms with van der Waals surface area (Å²) in [5.74, 6) is -0.652. The van der Waals surface area contributed by atoms with Gasteiger partial charge in [-0.3, -0.25) is 9.59 Å². The molecule has 1 unspecified atom stereocenters. The van der Waals surface area contributed by atoms with Crippen LogP contribution in [0.3, 0.4) is 0 Å². The van der Waals surface area contributed by atoms with E-state index in [1.807, 2.05) is 14.7 Å². The van der Waals surface area contributed by atoms with E-state index in [1.54, 1.807) is 0 Å². The van der Waals surface area contributed by atoms with Crippen molar-refractivity contribution in [2.45, 2.75) is 44.9 Å². The minimum Gasteiger partial charge on any atom is -0.481 e. The minimum absolute atomic E-state index is 0.0150. The molecule has 0 bridgehead atoms. The first kappa shape index (κ1) is 17.6. The fourth-order valence-corrected chi connectivity index (χ4v) is 5.11. The summed E-state index contributed by atoms with van der Waals surface area (Å²) in [7, 11) is 0. The molecular formula is C19H29N3O4. The van der Waals surface area contributed by atoms with Crippen LogP contribution in [0.4, 0.5) is 4.79 Å². The van der Waals surface area contributed by atoms with Gasteiger partial charge in [0.05, 0.1) is 5.92 Å². The molecule has 0 radical (unpaired) electrons. The third-order valence-electron chi connectivity index (χ3n) is 7.05. The van der Waals surface area contributed by atoms with E-state index in [0.717, 1.165) is 58.0 Å². The minimum atomic E-state index is -0.681. The Labute approximate surface area is 154 Å². The maximum Gasteiger partial charge on any atom is 0.319 e. The Balaban J connectivity index is 1.24. The van der Waals surface area contributed by atoms with Gasteiger partial charge in [-0.15, -0.1) is 0 Å². The molecule has 26 heavy (non-hydrogen) atoms. The molecule has 1 atom stereocenters. The fraction of sp³-hybridized carbons (Fsp3) is 0.842. The zero-order valence-electron chi connectivity index (χ0n) is 15.4. The van der Waals surface area contributed by atoms with Gasteiger partial charge in [0.1, 0.15) is 0 Å². The Morgan fingerprint density at radius 1 is 0.808 bits per heavy atom. The molecule has 0 aromatic carbocycles. The van der Waals surface area contributed by atoms with Crippen molar-refractivity contribution in [3.63, 3.8) is 0 Å². The Bertz CT molecular complexity index is 586. The van der Waals surface area contributed by atoms with E-state index in [1.165, 1.54) is 0 Å². The van der Waals surface area contributed by atoms with Gasteiger partial charge in [0.2, 0.25) is 5.91 Å². The summed E-state index contributed by atoms with van der Waals surface area (Å²) in [5.41, 5.74) is -0.0336. The van der Waals surface area contributed by atoms with Crippen molar-refractivity contribution >= 4 is 17.9 Å². The molecule has 1 aliphatic carbocycles. The number of urea groups is 1. The second-order valence-electron chi connectivity index (χ2n) is 8.52. The molecule has 4 fully saturated rings. The number of hydrogen-bond acceptors (Lipinski definition) is 3. The van der Waals surface area contributed by atoms with Crippen molar-refractivity contribution in [3.05, 3.63) is 0 Å². The molecule has 1 saturated carbocycles. The molecule has 0 aromatic rings. The highest BCUT2D eigenvalue weighted by molar-refractivity contribution is 5.80. The van der Waals surface area contributed by atoms with Gasteiger partial charge in [0.15, 0.2) is 0 Å². The number of carbonyl (C=O) groups is 3. The third kappa shape index (κ3) is 3.16. The van der Waals surface area contributed by atoms with Crippen molar-refractivity contribution in [3.8, 4) is 0 Å². The van der Waals surface area contributed by atoms with Gasteiger partial charge in [-0.25, -0.2) is 4.79 Å². The molecule has 3 saturated heterocycles. The third-order valence-corrected chi connectivity index (χ3v) is 7.05. The Morgan fingerprint density at radius 3 is 1.92 bits per heavy atom. The molecule has 144 valence electrons. The van der Waals surface area contributed by atoms with Gasteiger partial charge in [0, 0.05) is 45.2 Å². The molecule has 3 aliphatic heterocycles. The average Bonchev–Trinajstić information content (AvgIpc) is 3.10. The summed E-state index contributed by atoms with van der Waals surface area (Å²) >= 11 is 0. The monoisotopic (exact) mass is 363 g/mol. The number of aliphatic carboxylic acids is 1. The Morgan fingerprint density at radius 2 is 1.38 bits per heavy atom. The largest absolute Gasteiger partial charge is 0.481 e. The predicted octanol–water partition coefficient (Wildman–Crippen LogP) is 1.63. The number of likely N-dealkylation sites (tertiary alicyclic amines) is 3. The topological polar surface area (TPSA) is 81.2 Å². The standard InChI is InChI=1S/C19H29N3O4/c23-16(20-11-5-19(6-12-20)13-15(19)17(24)25)14-3-9-22(10-4-14)18(26)21-7-1-2-8-21/h14-15H,1-13H2,(H,24,25). The van der Waals surface area contributed by atoms with Crippen molar-refractivity contribution in [2.75, 3.05) is 39.3 Å². The van der Waals surface area contributed by atoms with E-state index in [2.05, 4.69) is 0 Å². The summed E-state index contributed by atoms with van der Waals surface area (Å²) in [6.07, 6.45) is 6.11. The molecule has 4 rings (SSSR count). The Kier molecular flexibility index (Phi) is 4.57. The van der Waals surface area contributed by atoms with Gasteiger partial charge in [0.25, 0.3) is 0 Å². The van der Waals surface area contributed by atoms with Crippen LogP contribution in [0, 0.1) is 17.3 Å². The smallest absolute Gasteiger partial charge is 0.319 e. The first-order valence-electron chi connectivity index (χ1n) is 10.1. The van der Waals surface area contributed by atoms with Crippen LogP contribution in [0.15, 0.2) is 0 Å². The van der Waals surface area contributed by atoms with E-state index in [9.17, 15) is 19.5 Å². The first-order valence-corrected chi connectivity index (χ1v) is 10.1. The highest BCUT2D eigenvalue weighted by Crippen LogP contribution is 2.59. The van der Waals surface area contributed by atoms with E-state index in [-0.39, 0.29) is 29.2 Å². The van der Waals surface area contributed by atoms with Crippen molar-refractivity contribution in [2.24, 2.45) is 17.3 Å².